The van der Waals surface area contributed by atoms with Crippen LogP contribution >= 0.6 is 15.9 Å². The molecule has 6 heteroatoms. The standard InChI is InChI=1S/C17H19BrN4O/c1-12-5-15(18)10-22-16(9-21-17(12)22)8-20-7-14(11-23)13-3-2-4-19-6-13/h2-6,9-10,14,20,23H,7-8,11H2,1H3/t14-/m0/s1. The minimum Gasteiger partial charge on any atom is -0.396 e. The Kier molecular flexibility index (Phi) is 5.05. The zero-order chi connectivity index (χ0) is 16.2. The van der Waals surface area contributed by atoms with E-state index in [0.29, 0.717) is 13.1 Å². The lowest BCUT2D eigenvalue weighted by molar-refractivity contribution is 0.261. The molecule has 5 nitrogen and oxygen atoms in total. The van der Waals surface area contributed by atoms with Crippen LogP contribution in [0.2, 0.25) is 0 Å². The first-order chi connectivity index (χ1) is 11.2. The quantitative estimate of drug-likeness (QED) is 0.696. The van der Waals surface area contributed by atoms with Crippen LogP contribution in [0.5, 0.6) is 0 Å². The Hall–Kier alpha value is -1.76. The van der Waals surface area contributed by atoms with Crippen LogP contribution in [-0.2, 0) is 6.54 Å². The number of hydrogen-bond donors (Lipinski definition) is 2. The van der Waals surface area contributed by atoms with Gasteiger partial charge < -0.3 is 14.8 Å². The molecule has 3 rings (SSSR count). The predicted molar refractivity (Wildman–Crippen MR) is 93.4 cm³/mol. The number of aromatic nitrogens is 3. The van der Waals surface area contributed by atoms with E-state index in [4.69, 9.17) is 0 Å². The topological polar surface area (TPSA) is 62.5 Å². The molecular weight excluding hydrogens is 356 g/mol. The van der Waals surface area contributed by atoms with Crippen LogP contribution < -0.4 is 5.32 Å². The van der Waals surface area contributed by atoms with Gasteiger partial charge in [-0.05, 0) is 46.1 Å². The summed E-state index contributed by atoms with van der Waals surface area (Å²) in [6, 6.07) is 5.94. The van der Waals surface area contributed by atoms with E-state index >= 15 is 0 Å². The average molecular weight is 375 g/mol. The van der Waals surface area contributed by atoms with Gasteiger partial charge in [-0.1, -0.05) is 6.07 Å². The van der Waals surface area contributed by atoms with E-state index < -0.39 is 0 Å². The molecule has 0 aliphatic heterocycles. The van der Waals surface area contributed by atoms with Gasteiger partial charge in [-0.2, -0.15) is 0 Å². The Morgan fingerprint density at radius 3 is 3.00 bits per heavy atom. The molecule has 3 aromatic rings. The summed E-state index contributed by atoms with van der Waals surface area (Å²) in [4.78, 5) is 8.59. The van der Waals surface area contributed by atoms with Crippen LogP contribution in [0.4, 0.5) is 0 Å². The molecule has 0 bridgehead atoms. The molecule has 0 amide bonds. The molecule has 0 spiro atoms. The minimum absolute atomic E-state index is 0.0383. The molecule has 3 heterocycles. The summed E-state index contributed by atoms with van der Waals surface area (Å²) < 4.78 is 3.12. The van der Waals surface area contributed by atoms with Crippen molar-refractivity contribution in [2.45, 2.75) is 19.4 Å². The zero-order valence-corrected chi connectivity index (χ0v) is 14.5. The first-order valence-corrected chi connectivity index (χ1v) is 8.32. The van der Waals surface area contributed by atoms with Gasteiger partial charge >= 0.3 is 0 Å². The lowest BCUT2D eigenvalue weighted by atomic mass is 10.0. The molecule has 0 radical (unpaired) electrons. The van der Waals surface area contributed by atoms with Gasteiger partial charge in [0, 0.05) is 42.1 Å². The van der Waals surface area contributed by atoms with E-state index in [9.17, 15) is 5.11 Å². The zero-order valence-electron chi connectivity index (χ0n) is 12.9. The van der Waals surface area contributed by atoms with Crippen molar-refractivity contribution in [1.82, 2.24) is 19.7 Å². The second-order valence-corrected chi connectivity index (χ2v) is 6.50. The molecule has 23 heavy (non-hydrogen) atoms. The SMILES string of the molecule is Cc1cc(Br)cn2c(CNC[C@@H](CO)c3cccnc3)cnc12. The average Bonchev–Trinajstić information content (AvgIpc) is 2.96. The number of aliphatic hydroxyl groups is 1. The molecular formula is C17H19BrN4O. The van der Waals surface area contributed by atoms with Crippen LogP contribution in [0.1, 0.15) is 22.7 Å². The summed E-state index contributed by atoms with van der Waals surface area (Å²) >= 11 is 3.53. The van der Waals surface area contributed by atoms with Crippen LogP contribution in [0.15, 0.2) is 47.5 Å². The third kappa shape index (κ3) is 3.60. The van der Waals surface area contributed by atoms with E-state index in [-0.39, 0.29) is 12.5 Å². The highest BCUT2D eigenvalue weighted by Gasteiger charge is 2.11. The van der Waals surface area contributed by atoms with E-state index in [1.54, 1.807) is 12.4 Å². The van der Waals surface area contributed by atoms with Gasteiger partial charge in [-0.25, -0.2) is 4.98 Å². The number of aryl methyl sites for hydroxylation is 1. The molecule has 3 aromatic heterocycles. The molecule has 0 aliphatic carbocycles. The molecule has 2 N–H and O–H groups in total. The number of hydrogen-bond acceptors (Lipinski definition) is 4. The van der Waals surface area contributed by atoms with Gasteiger partial charge in [0.2, 0.25) is 0 Å². The summed E-state index contributed by atoms with van der Waals surface area (Å²) in [5.41, 5.74) is 4.23. The molecule has 0 aromatic carbocycles. The van der Waals surface area contributed by atoms with E-state index in [1.165, 1.54) is 0 Å². The minimum atomic E-state index is 0.0383. The number of fused-ring (bicyclic) bond motifs is 1. The second-order valence-electron chi connectivity index (χ2n) is 5.58. The Bertz CT molecular complexity index is 788. The monoisotopic (exact) mass is 374 g/mol. The van der Waals surface area contributed by atoms with Gasteiger partial charge in [0.1, 0.15) is 5.65 Å². The Balaban J connectivity index is 1.69. The van der Waals surface area contributed by atoms with Crippen molar-refractivity contribution in [2.24, 2.45) is 0 Å². The lowest BCUT2D eigenvalue weighted by Crippen LogP contribution is -2.24. The fourth-order valence-corrected chi connectivity index (χ4v) is 3.22. The summed E-state index contributed by atoms with van der Waals surface area (Å²) in [6.07, 6.45) is 7.46. The lowest BCUT2D eigenvalue weighted by Gasteiger charge is -2.15. The van der Waals surface area contributed by atoms with Crippen molar-refractivity contribution in [3.8, 4) is 0 Å². The third-order valence-electron chi connectivity index (χ3n) is 3.91. The van der Waals surface area contributed by atoms with Crippen LogP contribution in [-0.4, -0.2) is 32.6 Å². The van der Waals surface area contributed by atoms with Gasteiger partial charge in [-0.3, -0.25) is 4.98 Å². The van der Waals surface area contributed by atoms with Crippen LogP contribution in [0.25, 0.3) is 5.65 Å². The second kappa shape index (κ2) is 7.21. The molecule has 1 atom stereocenters. The smallest absolute Gasteiger partial charge is 0.139 e. The summed E-state index contributed by atoms with van der Waals surface area (Å²) in [5, 5.41) is 13.0. The Morgan fingerprint density at radius 2 is 2.26 bits per heavy atom. The maximum absolute atomic E-state index is 9.59. The maximum Gasteiger partial charge on any atom is 0.139 e. The van der Waals surface area contributed by atoms with Crippen LogP contribution in [0, 0.1) is 6.92 Å². The third-order valence-corrected chi connectivity index (χ3v) is 4.34. The molecule has 0 saturated carbocycles. The maximum atomic E-state index is 9.59. The van der Waals surface area contributed by atoms with Crippen molar-refractivity contribution in [3.63, 3.8) is 0 Å². The Morgan fingerprint density at radius 1 is 1.39 bits per heavy atom. The molecule has 0 saturated heterocycles. The number of halogens is 1. The highest BCUT2D eigenvalue weighted by molar-refractivity contribution is 9.10. The number of imidazole rings is 1. The normalized spacial score (nSPS) is 12.7. The van der Waals surface area contributed by atoms with Crippen molar-refractivity contribution in [2.75, 3.05) is 13.2 Å². The van der Waals surface area contributed by atoms with Gasteiger partial charge in [0.15, 0.2) is 0 Å². The molecule has 0 fully saturated rings. The largest absolute Gasteiger partial charge is 0.396 e. The Labute approximate surface area is 143 Å². The number of nitrogens with one attached hydrogen (secondary N) is 1. The number of pyridine rings is 2. The van der Waals surface area contributed by atoms with Gasteiger partial charge in [0.05, 0.1) is 18.5 Å². The van der Waals surface area contributed by atoms with Crippen molar-refractivity contribution >= 4 is 21.6 Å². The van der Waals surface area contributed by atoms with Crippen molar-refractivity contribution in [1.29, 1.82) is 0 Å². The number of aliphatic hydroxyl groups excluding tert-OH is 1. The van der Waals surface area contributed by atoms with Crippen molar-refractivity contribution in [3.05, 3.63) is 64.3 Å². The first-order valence-electron chi connectivity index (χ1n) is 7.52. The fraction of sp³-hybridized carbons (Fsp3) is 0.294. The fourth-order valence-electron chi connectivity index (χ4n) is 2.67. The van der Waals surface area contributed by atoms with Crippen LogP contribution in [0.3, 0.4) is 0 Å². The highest BCUT2D eigenvalue weighted by atomic mass is 79.9. The highest BCUT2D eigenvalue weighted by Crippen LogP contribution is 2.18. The summed E-state index contributed by atoms with van der Waals surface area (Å²) in [6.45, 7) is 3.52. The van der Waals surface area contributed by atoms with Crippen molar-refractivity contribution < 1.29 is 5.11 Å². The van der Waals surface area contributed by atoms with E-state index in [2.05, 4.69) is 48.6 Å². The van der Waals surface area contributed by atoms with Gasteiger partial charge in [0.25, 0.3) is 0 Å². The van der Waals surface area contributed by atoms with E-state index in [0.717, 1.165) is 26.9 Å². The van der Waals surface area contributed by atoms with Gasteiger partial charge in [-0.15, -0.1) is 0 Å². The molecule has 0 aliphatic rings. The van der Waals surface area contributed by atoms with E-state index in [1.807, 2.05) is 24.5 Å². The number of nitrogens with zero attached hydrogens (tertiary/aromatic N) is 3. The molecule has 120 valence electrons. The predicted octanol–water partition coefficient (Wildman–Crippen LogP) is 2.67. The number of rotatable bonds is 6. The summed E-state index contributed by atoms with van der Waals surface area (Å²) in [5.74, 6) is 0.0383. The molecule has 0 unspecified atom stereocenters. The first kappa shape index (κ1) is 16.1. The summed E-state index contributed by atoms with van der Waals surface area (Å²) in [7, 11) is 0.